The molecule has 0 saturated carbocycles. The third kappa shape index (κ3) is 6.08. The van der Waals surface area contributed by atoms with Crippen LogP contribution in [0.3, 0.4) is 0 Å². The van der Waals surface area contributed by atoms with Crippen molar-refractivity contribution < 1.29 is 23.8 Å². The van der Waals surface area contributed by atoms with Crippen molar-refractivity contribution in [1.29, 1.82) is 0 Å². The lowest BCUT2D eigenvalue weighted by Crippen LogP contribution is -2.51. The van der Waals surface area contributed by atoms with Gasteiger partial charge in [-0.25, -0.2) is 4.39 Å². The third-order valence-electron chi connectivity index (χ3n) is 6.52. The molecule has 1 unspecified atom stereocenters. The highest BCUT2D eigenvalue weighted by atomic mass is 19.1. The summed E-state index contributed by atoms with van der Waals surface area (Å²) in [7, 11) is 0. The number of piperidine rings is 1. The van der Waals surface area contributed by atoms with Crippen LogP contribution in [0.5, 0.6) is 0 Å². The minimum absolute atomic E-state index is 0.0648. The van der Waals surface area contributed by atoms with E-state index >= 15 is 0 Å². The standard InChI is InChI=1S/C28H37FN2O4/c1-6-30(7-2)25(32)20-8-10-22(11-9-20)28(34,23-12-14-24(29)15-13-23)31-18-16-21(17-19-31)26(33)35-27(3,4)5/h8-15,21,34H,6-7,16-19H2,1-5H3. The average Bonchev–Trinajstić information content (AvgIpc) is 2.84. The fourth-order valence-corrected chi connectivity index (χ4v) is 4.58. The molecular weight excluding hydrogens is 447 g/mol. The summed E-state index contributed by atoms with van der Waals surface area (Å²) in [6, 6.07) is 12.7. The molecule has 0 aromatic heterocycles. The number of benzene rings is 2. The lowest BCUT2D eigenvalue weighted by atomic mass is 9.88. The molecule has 3 rings (SSSR count). The number of carbonyl (C=O) groups is 2. The highest BCUT2D eigenvalue weighted by molar-refractivity contribution is 5.94. The molecule has 1 fully saturated rings. The lowest BCUT2D eigenvalue weighted by molar-refractivity contribution is -0.164. The van der Waals surface area contributed by atoms with E-state index in [1.807, 2.05) is 39.5 Å². The molecular formula is C28H37FN2O4. The van der Waals surface area contributed by atoms with Gasteiger partial charge in [0.25, 0.3) is 5.91 Å². The molecule has 1 atom stereocenters. The smallest absolute Gasteiger partial charge is 0.309 e. The van der Waals surface area contributed by atoms with E-state index in [0.717, 1.165) is 0 Å². The van der Waals surface area contributed by atoms with Gasteiger partial charge in [-0.05, 0) is 71.7 Å². The zero-order valence-electron chi connectivity index (χ0n) is 21.4. The molecule has 190 valence electrons. The summed E-state index contributed by atoms with van der Waals surface area (Å²) in [5.41, 5.74) is -0.438. The topological polar surface area (TPSA) is 70.1 Å². The van der Waals surface area contributed by atoms with Gasteiger partial charge >= 0.3 is 5.97 Å². The summed E-state index contributed by atoms with van der Waals surface area (Å²) in [6.45, 7) is 11.6. The maximum Gasteiger partial charge on any atom is 0.309 e. The molecule has 2 aromatic carbocycles. The van der Waals surface area contributed by atoms with Crippen LogP contribution in [0, 0.1) is 11.7 Å². The van der Waals surface area contributed by atoms with Gasteiger partial charge in [0, 0.05) is 42.9 Å². The monoisotopic (exact) mass is 484 g/mol. The number of halogens is 1. The molecule has 2 aromatic rings. The molecule has 1 N–H and O–H groups in total. The number of likely N-dealkylation sites (tertiary alicyclic amines) is 1. The maximum atomic E-state index is 13.7. The molecule has 7 heteroatoms. The molecule has 0 aliphatic carbocycles. The van der Waals surface area contributed by atoms with Gasteiger partial charge in [0.15, 0.2) is 5.72 Å². The van der Waals surface area contributed by atoms with E-state index in [-0.39, 0.29) is 23.6 Å². The normalized spacial score (nSPS) is 17.0. The summed E-state index contributed by atoms with van der Waals surface area (Å²) in [5.74, 6) is -0.913. The fraction of sp³-hybridized carbons (Fsp3) is 0.500. The van der Waals surface area contributed by atoms with Gasteiger partial charge in [0.2, 0.25) is 0 Å². The Morgan fingerprint density at radius 1 is 0.971 bits per heavy atom. The van der Waals surface area contributed by atoms with Crippen LogP contribution in [0.15, 0.2) is 48.5 Å². The minimum atomic E-state index is -1.54. The van der Waals surface area contributed by atoms with E-state index in [9.17, 15) is 19.1 Å². The van der Waals surface area contributed by atoms with Gasteiger partial charge in [-0.1, -0.05) is 24.3 Å². The SMILES string of the molecule is CCN(CC)C(=O)c1ccc(C(O)(c2ccc(F)cc2)N2CCC(C(=O)OC(C)(C)C)CC2)cc1. The molecule has 1 aliphatic heterocycles. The first kappa shape index (κ1) is 26.8. The van der Waals surface area contributed by atoms with Crippen LogP contribution in [-0.4, -0.2) is 58.6 Å². The van der Waals surface area contributed by atoms with E-state index in [1.54, 1.807) is 41.3 Å². The Kier molecular flexibility index (Phi) is 8.34. The van der Waals surface area contributed by atoms with Gasteiger partial charge in [-0.15, -0.1) is 0 Å². The first-order valence-electron chi connectivity index (χ1n) is 12.4. The molecule has 1 saturated heterocycles. The second kappa shape index (κ2) is 10.9. The number of aliphatic hydroxyl groups is 1. The van der Waals surface area contributed by atoms with Crippen molar-refractivity contribution in [2.24, 2.45) is 5.92 Å². The maximum absolute atomic E-state index is 13.7. The van der Waals surface area contributed by atoms with Crippen LogP contribution in [0.1, 0.15) is 68.9 Å². The highest BCUT2D eigenvalue weighted by Crippen LogP contribution is 2.37. The fourth-order valence-electron chi connectivity index (χ4n) is 4.58. The van der Waals surface area contributed by atoms with Gasteiger partial charge in [-0.3, -0.25) is 14.5 Å². The van der Waals surface area contributed by atoms with E-state index in [2.05, 4.69) is 0 Å². The van der Waals surface area contributed by atoms with Crippen molar-refractivity contribution in [3.8, 4) is 0 Å². The summed E-state index contributed by atoms with van der Waals surface area (Å²) < 4.78 is 19.2. The largest absolute Gasteiger partial charge is 0.460 e. The summed E-state index contributed by atoms with van der Waals surface area (Å²) in [5, 5.41) is 12.1. The number of hydrogen-bond donors (Lipinski definition) is 1. The van der Waals surface area contributed by atoms with E-state index in [0.29, 0.717) is 55.7 Å². The van der Waals surface area contributed by atoms with Gasteiger partial charge < -0.3 is 14.7 Å². The van der Waals surface area contributed by atoms with Crippen LogP contribution in [0.4, 0.5) is 4.39 Å². The number of esters is 1. The molecule has 35 heavy (non-hydrogen) atoms. The van der Waals surface area contributed by atoms with Crippen molar-refractivity contribution in [2.75, 3.05) is 26.2 Å². The summed E-state index contributed by atoms with van der Waals surface area (Å²) in [6.07, 6.45) is 1.08. The Morgan fingerprint density at radius 2 is 1.46 bits per heavy atom. The minimum Gasteiger partial charge on any atom is -0.460 e. The average molecular weight is 485 g/mol. The number of ether oxygens (including phenoxy) is 1. The van der Waals surface area contributed by atoms with Crippen LogP contribution < -0.4 is 0 Å². The van der Waals surface area contributed by atoms with Crippen LogP contribution in [-0.2, 0) is 15.3 Å². The van der Waals surface area contributed by atoms with Crippen molar-refractivity contribution in [1.82, 2.24) is 9.80 Å². The zero-order chi connectivity index (χ0) is 25.8. The van der Waals surface area contributed by atoms with E-state index < -0.39 is 11.3 Å². The van der Waals surface area contributed by atoms with Gasteiger partial charge in [0.1, 0.15) is 11.4 Å². The van der Waals surface area contributed by atoms with Gasteiger partial charge in [-0.2, -0.15) is 0 Å². The third-order valence-corrected chi connectivity index (χ3v) is 6.52. The van der Waals surface area contributed by atoms with E-state index in [4.69, 9.17) is 4.74 Å². The molecule has 1 heterocycles. The first-order chi connectivity index (χ1) is 16.5. The Morgan fingerprint density at radius 3 is 1.91 bits per heavy atom. The van der Waals surface area contributed by atoms with Crippen LogP contribution in [0.25, 0.3) is 0 Å². The first-order valence-corrected chi connectivity index (χ1v) is 12.4. The summed E-state index contributed by atoms with van der Waals surface area (Å²) in [4.78, 5) is 29.0. The predicted octanol–water partition coefficient (Wildman–Crippen LogP) is 4.55. The lowest BCUT2D eigenvalue weighted by Gasteiger charge is -2.44. The number of hydrogen-bond acceptors (Lipinski definition) is 5. The molecule has 1 aliphatic rings. The highest BCUT2D eigenvalue weighted by Gasteiger charge is 2.41. The van der Waals surface area contributed by atoms with Crippen LogP contribution in [0.2, 0.25) is 0 Å². The quantitative estimate of drug-likeness (QED) is 0.584. The molecule has 0 radical (unpaired) electrons. The number of amides is 1. The molecule has 0 spiro atoms. The predicted molar refractivity (Wildman–Crippen MR) is 133 cm³/mol. The Hall–Kier alpha value is -2.77. The van der Waals surface area contributed by atoms with Crippen molar-refractivity contribution in [3.05, 3.63) is 71.0 Å². The second-order valence-corrected chi connectivity index (χ2v) is 10.0. The van der Waals surface area contributed by atoms with Gasteiger partial charge in [0.05, 0.1) is 5.92 Å². The van der Waals surface area contributed by atoms with Crippen molar-refractivity contribution in [2.45, 2.75) is 58.8 Å². The van der Waals surface area contributed by atoms with Crippen molar-refractivity contribution in [3.63, 3.8) is 0 Å². The van der Waals surface area contributed by atoms with E-state index in [1.165, 1.54) is 12.1 Å². The van der Waals surface area contributed by atoms with Crippen LogP contribution >= 0.6 is 0 Å². The summed E-state index contributed by atoms with van der Waals surface area (Å²) >= 11 is 0. The zero-order valence-corrected chi connectivity index (χ0v) is 21.4. The van der Waals surface area contributed by atoms with Crippen molar-refractivity contribution >= 4 is 11.9 Å². The number of nitrogens with zero attached hydrogens (tertiary/aromatic N) is 2. The molecule has 1 amide bonds. The second-order valence-electron chi connectivity index (χ2n) is 10.0. The Bertz CT molecular complexity index is 1000. The Balaban J connectivity index is 1.89. The molecule has 6 nitrogen and oxygen atoms in total. The number of carbonyl (C=O) groups excluding carboxylic acids is 2. The Labute approximate surface area is 207 Å². The molecule has 0 bridgehead atoms. The number of rotatable bonds is 7.